The topological polar surface area (TPSA) is 122 Å². The molecule has 5 rings (SSSR count). The second-order valence-electron chi connectivity index (χ2n) is 9.20. The van der Waals surface area contributed by atoms with Crippen LogP contribution in [0.15, 0.2) is 54.6 Å². The number of non-ortho nitro benzene ring substituents is 1. The number of hydrogen-bond donors (Lipinski definition) is 1. The number of benzene rings is 2. The van der Waals surface area contributed by atoms with Gasteiger partial charge in [-0.15, -0.1) is 0 Å². The summed E-state index contributed by atoms with van der Waals surface area (Å²) >= 11 is 0. The van der Waals surface area contributed by atoms with Gasteiger partial charge in [0.25, 0.3) is 17.5 Å². The van der Waals surface area contributed by atoms with E-state index in [2.05, 4.69) is 5.32 Å². The fraction of sp³-hybridized carbons (Fsp3) is 0.400. The third-order valence-corrected chi connectivity index (χ3v) is 6.86. The van der Waals surface area contributed by atoms with Crippen LogP contribution in [0.4, 0.5) is 5.69 Å². The molecular formula is C25H26N4O6. The predicted molar refractivity (Wildman–Crippen MR) is 124 cm³/mol. The van der Waals surface area contributed by atoms with Crippen LogP contribution >= 0.6 is 0 Å². The minimum atomic E-state index is -1.00. The molecule has 0 bridgehead atoms. The van der Waals surface area contributed by atoms with Gasteiger partial charge in [0.2, 0.25) is 5.91 Å². The number of hydrogen-bond acceptors (Lipinski definition) is 6. The van der Waals surface area contributed by atoms with Crippen molar-refractivity contribution in [2.75, 3.05) is 19.7 Å². The zero-order valence-electron chi connectivity index (χ0n) is 19.1. The summed E-state index contributed by atoms with van der Waals surface area (Å²) in [6.45, 7) is 0.671. The normalized spacial score (nSPS) is 21.1. The van der Waals surface area contributed by atoms with Gasteiger partial charge in [0.1, 0.15) is 11.8 Å². The van der Waals surface area contributed by atoms with Gasteiger partial charge in [-0.2, -0.15) is 0 Å². The average molecular weight is 479 g/mol. The molecule has 1 spiro atoms. The number of amides is 3. The van der Waals surface area contributed by atoms with Crippen molar-refractivity contribution in [3.8, 4) is 0 Å². The van der Waals surface area contributed by atoms with E-state index >= 15 is 0 Å². The number of likely N-dealkylation sites (tertiary alicyclic amines) is 1. The summed E-state index contributed by atoms with van der Waals surface area (Å²) in [6.07, 6.45) is 2.54. The van der Waals surface area contributed by atoms with E-state index in [1.54, 1.807) is 40.1 Å². The first-order chi connectivity index (χ1) is 16.9. The van der Waals surface area contributed by atoms with Crippen LogP contribution in [0.2, 0.25) is 0 Å². The Balaban J connectivity index is 1.36. The average Bonchev–Trinajstić information content (AvgIpc) is 3.63. The molecule has 3 fully saturated rings. The maximum Gasteiger partial charge on any atom is 0.270 e. The third kappa shape index (κ3) is 4.49. The molecular weight excluding hydrogens is 452 g/mol. The largest absolute Gasteiger partial charge is 0.353 e. The second kappa shape index (κ2) is 9.10. The highest BCUT2D eigenvalue weighted by atomic mass is 16.6. The van der Waals surface area contributed by atoms with Gasteiger partial charge in [0.15, 0.2) is 0 Å². The first kappa shape index (κ1) is 23.0. The molecule has 1 atom stereocenters. The first-order valence-electron chi connectivity index (χ1n) is 11.7. The zero-order chi connectivity index (χ0) is 24.6. The number of nitro groups is 1. The van der Waals surface area contributed by atoms with Crippen LogP contribution in [0.25, 0.3) is 0 Å². The van der Waals surface area contributed by atoms with Crippen molar-refractivity contribution < 1.29 is 24.0 Å². The molecule has 2 heterocycles. The highest BCUT2D eigenvalue weighted by molar-refractivity contribution is 5.99. The number of nitrogens with one attached hydrogen (secondary N) is 1. The maximum atomic E-state index is 13.6. The Morgan fingerprint density at radius 3 is 2.31 bits per heavy atom. The van der Waals surface area contributed by atoms with E-state index in [4.69, 9.17) is 4.74 Å². The van der Waals surface area contributed by atoms with E-state index in [-0.39, 0.29) is 54.7 Å². The monoisotopic (exact) mass is 478 g/mol. The van der Waals surface area contributed by atoms with E-state index < -0.39 is 16.7 Å². The molecule has 10 heteroatoms. The molecule has 0 unspecified atom stereocenters. The maximum absolute atomic E-state index is 13.6. The summed E-state index contributed by atoms with van der Waals surface area (Å²) in [4.78, 5) is 53.4. The SMILES string of the molecule is O=C(NC1CC1)[C@@H]1COC2(CCN(C(=O)c3cccc([N+](=O)[O-])c3)CC2)N1C(=O)c1ccccc1. The minimum absolute atomic E-state index is 0.0932. The Labute approximate surface area is 202 Å². The van der Waals surface area contributed by atoms with Crippen molar-refractivity contribution in [2.45, 2.75) is 43.5 Å². The van der Waals surface area contributed by atoms with Crippen LogP contribution in [0.3, 0.4) is 0 Å². The van der Waals surface area contributed by atoms with Gasteiger partial charge in [-0.3, -0.25) is 29.4 Å². The number of nitrogens with zero attached hydrogens (tertiary/aromatic N) is 3. The summed E-state index contributed by atoms with van der Waals surface area (Å²) in [5, 5.41) is 14.1. The molecule has 2 aliphatic heterocycles. The quantitative estimate of drug-likeness (QED) is 0.520. The number of piperidine rings is 1. The van der Waals surface area contributed by atoms with Crippen molar-refractivity contribution in [3.63, 3.8) is 0 Å². The highest BCUT2D eigenvalue weighted by Crippen LogP contribution is 2.39. The minimum Gasteiger partial charge on any atom is -0.353 e. The van der Waals surface area contributed by atoms with Crippen molar-refractivity contribution >= 4 is 23.4 Å². The van der Waals surface area contributed by atoms with Crippen LogP contribution in [-0.2, 0) is 9.53 Å². The number of ether oxygens (including phenoxy) is 1. The molecule has 3 aliphatic rings. The molecule has 2 aromatic carbocycles. The van der Waals surface area contributed by atoms with Gasteiger partial charge in [0, 0.05) is 55.2 Å². The van der Waals surface area contributed by atoms with Gasteiger partial charge in [0.05, 0.1) is 11.5 Å². The van der Waals surface area contributed by atoms with Crippen LogP contribution in [0.1, 0.15) is 46.4 Å². The number of carbonyl (C=O) groups is 3. The van der Waals surface area contributed by atoms with Crippen LogP contribution in [0.5, 0.6) is 0 Å². The van der Waals surface area contributed by atoms with Gasteiger partial charge in [-0.1, -0.05) is 24.3 Å². The Kier molecular flexibility index (Phi) is 5.98. The van der Waals surface area contributed by atoms with E-state index in [1.807, 2.05) is 6.07 Å². The Bertz CT molecular complexity index is 1160. The molecule has 182 valence electrons. The number of nitro benzene ring substituents is 1. The summed E-state index contributed by atoms with van der Waals surface area (Å²) in [5.74, 6) is -0.813. The van der Waals surface area contributed by atoms with Crippen molar-refractivity contribution in [1.82, 2.24) is 15.1 Å². The Morgan fingerprint density at radius 1 is 0.971 bits per heavy atom. The standard InChI is InChI=1S/C25H26N4O6/c30-22(26-19-9-10-19)21-16-35-25(28(21)24(32)17-5-2-1-3-6-17)11-13-27(14-12-25)23(31)18-7-4-8-20(15-18)29(33)34/h1-8,15,19,21H,9-14,16H2,(H,26,30)/t21-/m0/s1. The second-order valence-corrected chi connectivity index (χ2v) is 9.20. The third-order valence-electron chi connectivity index (χ3n) is 6.86. The molecule has 2 aromatic rings. The molecule has 0 aromatic heterocycles. The molecule has 10 nitrogen and oxygen atoms in total. The first-order valence-corrected chi connectivity index (χ1v) is 11.7. The van der Waals surface area contributed by atoms with Gasteiger partial charge < -0.3 is 15.0 Å². The van der Waals surface area contributed by atoms with E-state index in [1.165, 1.54) is 18.2 Å². The zero-order valence-corrected chi connectivity index (χ0v) is 19.1. The van der Waals surface area contributed by atoms with Crippen LogP contribution < -0.4 is 5.32 Å². The number of rotatable bonds is 5. The molecule has 2 saturated heterocycles. The smallest absolute Gasteiger partial charge is 0.270 e. The molecule has 1 N–H and O–H groups in total. The highest BCUT2D eigenvalue weighted by Gasteiger charge is 2.54. The summed E-state index contributed by atoms with van der Waals surface area (Å²) in [7, 11) is 0. The Morgan fingerprint density at radius 2 is 1.66 bits per heavy atom. The lowest BCUT2D eigenvalue weighted by molar-refractivity contribution is -0.384. The van der Waals surface area contributed by atoms with Crippen LogP contribution in [0, 0.1) is 10.1 Å². The van der Waals surface area contributed by atoms with Gasteiger partial charge >= 0.3 is 0 Å². The summed E-state index contributed by atoms with van der Waals surface area (Å²) in [6, 6.07) is 13.8. The molecule has 1 aliphatic carbocycles. The summed E-state index contributed by atoms with van der Waals surface area (Å²) in [5.41, 5.74) is -0.441. The van der Waals surface area contributed by atoms with E-state index in [0.717, 1.165) is 12.8 Å². The number of carbonyl (C=O) groups excluding carboxylic acids is 3. The molecule has 3 amide bonds. The lowest BCUT2D eigenvalue weighted by Gasteiger charge is -2.44. The summed E-state index contributed by atoms with van der Waals surface area (Å²) < 4.78 is 6.17. The van der Waals surface area contributed by atoms with E-state index in [0.29, 0.717) is 18.4 Å². The molecule has 1 saturated carbocycles. The molecule has 35 heavy (non-hydrogen) atoms. The van der Waals surface area contributed by atoms with E-state index in [9.17, 15) is 24.5 Å². The lowest BCUT2D eigenvalue weighted by atomic mass is 9.96. The Hall–Kier alpha value is -3.79. The van der Waals surface area contributed by atoms with Crippen molar-refractivity contribution in [3.05, 3.63) is 75.8 Å². The fourth-order valence-corrected chi connectivity index (χ4v) is 4.81. The van der Waals surface area contributed by atoms with Gasteiger partial charge in [-0.05, 0) is 31.0 Å². The fourth-order valence-electron chi connectivity index (χ4n) is 4.81. The molecule has 0 radical (unpaired) electrons. The van der Waals surface area contributed by atoms with Gasteiger partial charge in [-0.25, -0.2) is 0 Å². The lowest BCUT2D eigenvalue weighted by Crippen LogP contribution is -2.60. The van der Waals surface area contributed by atoms with Crippen LogP contribution in [-0.4, -0.2) is 69.9 Å². The van der Waals surface area contributed by atoms with Crippen molar-refractivity contribution in [1.29, 1.82) is 0 Å². The predicted octanol–water partition coefficient (Wildman–Crippen LogP) is 2.35. The van der Waals surface area contributed by atoms with Crippen molar-refractivity contribution in [2.24, 2.45) is 0 Å².